The van der Waals surface area contributed by atoms with Gasteiger partial charge in [0.2, 0.25) is 5.91 Å². The topological polar surface area (TPSA) is 101 Å². The van der Waals surface area contributed by atoms with Crippen LogP contribution in [0.25, 0.3) is 0 Å². The monoisotopic (exact) mass is 333 g/mol. The Morgan fingerprint density at radius 2 is 1.83 bits per heavy atom. The second kappa shape index (κ2) is 8.42. The fourth-order valence-electron chi connectivity index (χ4n) is 3.24. The number of benzene rings is 1. The lowest BCUT2D eigenvalue weighted by Gasteiger charge is -2.26. The van der Waals surface area contributed by atoms with Gasteiger partial charge in [-0.15, -0.1) is 0 Å². The van der Waals surface area contributed by atoms with Crippen molar-refractivity contribution in [1.82, 2.24) is 10.6 Å². The van der Waals surface area contributed by atoms with Crippen LogP contribution in [-0.4, -0.2) is 23.9 Å². The first kappa shape index (κ1) is 17.9. The molecule has 1 aliphatic carbocycles. The Morgan fingerprint density at radius 3 is 2.38 bits per heavy atom. The van der Waals surface area contributed by atoms with Gasteiger partial charge in [0.1, 0.15) is 0 Å². The van der Waals surface area contributed by atoms with E-state index in [1.165, 1.54) is 25.6 Å². The minimum absolute atomic E-state index is 0.0122. The molecule has 0 aliphatic heterocycles. The van der Waals surface area contributed by atoms with Crippen molar-refractivity contribution in [2.45, 2.75) is 44.4 Å². The molecule has 7 nitrogen and oxygen atoms in total. The van der Waals surface area contributed by atoms with E-state index in [0.29, 0.717) is 17.9 Å². The molecule has 0 radical (unpaired) electrons. The van der Waals surface area contributed by atoms with Crippen LogP contribution in [0, 0.1) is 16.0 Å². The van der Waals surface area contributed by atoms with Crippen LogP contribution in [-0.2, 0) is 4.79 Å². The van der Waals surface area contributed by atoms with Crippen molar-refractivity contribution in [3.63, 3.8) is 0 Å². The number of amides is 3. The summed E-state index contributed by atoms with van der Waals surface area (Å²) in [6, 6.07) is 5.46. The van der Waals surface area contributed by atoms with Gasteiger partial charge in [0.05, 0.1) is 10.8 Å². The number of urea groups is 1. The number of carbonyl (C=O) groups is 2. The lowest BCUT2D eigenvalue weighted by atomic mass is 9.80. The largest absolute Gasteiger partial charge is 0.341 e. The first-order valence-electron chi connectivity index (χ1n) is 8.28. The van der Waals surface area contributed by atoms with Crippen LogP contribution < -0.4 is 10.6 Å². The molecule has 0 spiro atoms. The van der Waals surface area contributed by atoms with Gasteiger partial charge < -0.3 is 5.32 Å². The Balaban J connectivity index is 2.18. The molecule has 1 saturated carbocycles. The molecule has 24 heavy (non-hydrogen) atoms. The van der Waals surface area contributed by atoms with Crippen molar-refractivity contribution in [3.05, 3.63) is 39.9 Å². The minimum Gasteiger partial charge on any atom is -0.341 e. The van der Waals surface area contributed by atoms with E-state index in [0.717, 1.165) is 25.7 Å². The smallest absolute Gasteiger partial charge is 0.321 e. The predicted octanol–water partition coefficient (Wildman–Crippen LogP) is 3.10. The number of non-ortho nitro benzene ring substituents is 1. The summed E-state index contributed by atoms with van der Waals surface area (Å²) in [7, 11) is 1.45. The summed E-state index contributed by atoms with van der Waals surface area (Å²) in [5.41, 5.74) is 0.689. The molecule has 1 unspecified atom stereocenters. The van der Waals surface area contributed by atoms with E-state index in [2.05, 4.69) is 10.6 Å². The van der Waals surface area contributed by atoms with Gasteiger partial charge >= 0.3 is 6.03 Å². The van der Waals surface area contributed by atoms with Crippen LogP contribution in [0.15, 0.2) is 24.3 Å². The zero-order valence-electron chi connectivity index (χ0n) is 13.8. The molecule has 130 valence electrons. The number of hydrogen-bond acceptors (Lipinski definition) is 4. The third-order valence-corrected chi connectivity index (χ3v) is 4.58. The van der Waals surface area contributed by atoms with Gasteiger partial charge in [-0.2, -0.15) is 0 Å². The highest BCUT2D eigenvalue weighted by atomic mass is 16.6. The van der Waals surface area contributed by atoms with Crippen molar-refractivity contribution >= 4 is 17.6 Å². The lowest BCUT2D eigenvalue weighted by molar-refractivity contribution is -0.384. The second-order valence-electron chi connectivity index (χ2n) is 6.21. The first-order chi connectivity index (χ1) is 11.5. The third kappa shape index (κ3) is 4.78. The molecule has 1 fully saturated rings. The zero-order valence-corrected chi connectivity index (χ0v) is 13.8. The van der Waals surface area contributed by atoms with Gasteiger partial charge in [-0.25, -0.2) is 4.79 Å². The fourth-order valence-corrected chi connectivity index (χ4v) is 3.24. The van der Waals surface area contributed by atoms with Crippen LogP contribution in [0.3, 0.4) is 0 Å². The Kier molecular flexibility index (Phi) is 6.28. The number of carbonyl (C=O) groups excluding carboxylic acids is 2. The number of nitro benzene ring substituents is 1. The molecule has 0 heterocycles. The van der Waals surface area contributed by atoms with Crippen LogP contribution in [0.1, 0.15) is 50.0 Å². The molecule has 2 rings (SSSR count). The Morgan fingerprint density at radius 1 is 1.21 bits per heavy atom. The summed E-state index contributed by atoms with van der Waals surface area (Å²) < 4.78 is 0. The van der Waals surface area contributed by atoms with E-state index in [1.54, 1.807) is 12.1 Å². The number of nitro groups is 1. The van der Waals surface area contributed by atoms with Crippen molar-refractivity contribution < 1.29 is 14.5 Å². The fraction of sp³-hybridized carbons (Fsp3) is 0.529. The summed E-state index contributed by atoms with van der Waals surface area (Å²) >= 11 is 0. The molecular formula is C17H23N3O4. The van der Waals surface area contributed by atoms with Gasteiger partial charge in [0, 0.05) is 19.2 Å². The summed E-state index contributed by atoms with van der Waals surface area (Å²) in [4.78, 5) is 34.3. The summed E-state index contributed by atoms with van der Waals surface area (Å²) in [6.45, 7) is 0. The molecule has 2 N–H and O–H groups in total. The number of imide groups is 1. The third-order valence-electron chi connectivity index (χ3n) is 4.58. The van der Waals surface area contributed by atoms with E-state index in [9.17, 15) is 19.7 Å². The zero-order chi connectivity index (χ0) is 17.5. The van der Waals surface area contributed by atoms with Crippen LogP contribution in [0.5, 0.6) is 0 Å². The van der Waals surface area contributed by atoms with E-state index >= 15 is 0 Å². The van der Waals surface area contributed by atoms with Crippen molar-refractivity contribution in [1.29, 1.82) is 0 Å². The molecule has 1 aromatic rings. The average Bonchev–Trinajstić information content (AvgIpc) is 2.60. The van der Waals surface area contributed by atoms with Gasteiger partial charge in [0.25, 0.3) is 5.69 Å². The molecule has 0 aromatic heterocycles. The highest BCUT2D eigenvalue weighted by Gasteiger charge is 2.27. The Bertz CT molecular complexity index is 594. The molecule has 0 bridgehead atoms. The molecule has 3 amide bonds. The van der Waals surface area contributed by atoms with Crippen molar-refractivity contribution in [2.75, 3.05) is 7.05 Å². The first-order valence-corrected chi connectivity index (χ1v) is 8.28. The number of rotatable bonds is 5. The average molecular weight is 333 g/mol. The van der Waals surface area contributed by atoms with E-state index in [-0.39, 0.29) is 11.6 Å². The molecule has 1 aliphatic rings. The molecular weight excluding hydrogens is 310 g/mol. The lowest BCUT2D eigenvalue weighted by Crippen LogP contribution is -2.40. The molecule has 0 saturated heterocycles. The van der Waals surface area contributed by atoms with Gasteiger partial charge in [-0.3, -0.25) is 20.2 Å². The summed E-state index contributed by atoms with van der Waals surface area (Å²) in [6.07, 6.45) is 6.36. The molecule has 7 heteroatoms. The number of hydrogen-bond donors (Lipinski definition) is 2. The Labute approximate surface area is 141 Å². The van der Waals surface area contributed by atoms with Crippen LogP contribution in [0.4, 0.5) is 10.5 Å². The second-order valence-corrected chi connectivity index (χ2v) is 6.21. The van der Waals surface area contributed by atoms with Crippen molar-refractivity contribution in [2.24, 2.45) is 5.92 Å². The number of nitrogens with one attached hydrogen (secondary N) is 2. The predicted molar refractivity (Wildman–Crippen MR) is 89.6 cm³/mol. The number of nitrogens with zero attached hydrogens (tertiary/aromatic N) is 1. The van der Waals surface area contributed by atoms with E-state index in [1.807, 2.05) is 0 Å². The molecule has 1 atom stereocenters. The SMILES string of the molecule is CNC(=O)NC(=O)C(CC1CCCCC1)c1ccc([N+](=O)[O-])cc1. The van der Waals surface area contributed by atoms with Crippen LogP contribution in [0.2, 0.25) is 0 Å². The highest BCUT2D eigenvalue weighted by molar-refractivity contribution is 5.97. The highest BCUT2D eigenvalue weighted by Crippen LogP contribution is 2.33. The summed E-state index contributed by atoms with van der Waals surface area (Å²) in [5, 5.41) is 15.5. The van der Waals surface area contributed by atoms with Crippen LogP contribution >= 0.6 is 0 Å². The summed E-state index contributed by atoms with van der Waals surface area (Å²) in [5.74, 6) is -0.408. The van der Waals surface area contributed by atoms with Gasteiger partial charge in [0.15, 0.2) is 0 Å². The van der Waals surface area contributed by atoms with E-state index in [4.69, 9.17) is 0 Å². The Hall–Kier alpha value is -2.44. The quantitative estimate of drug-likeness (QED) is 0.638. The maximum atomic E-state index is 12.5. The maximum absolute atomic E-state index is 12.5. The van der Waals surface area contributed by atoms with E-state index < -0.39 is 16.9 Å². The maximum Gasteiger partial charge on any atom is 0.321 e. The van der Waals surface area contributed by atoms with Gasteiger partial charge in [-0.05, 0) is 17.9 Å². The normalized spacial score (nSPS) is 16.2. The van der Waals surface area contributed by atoms with Crippen molar-refractivity contribution in [3.8, 4) is 0 Å². The standard InChI is InChI=1S/C17H23N3O4/c1-18-17(22)19-16(21)15(11-12-5-3-2-4-6-12)13-7-9-14(10-8-13)20(23)24/h7-10,12,15H,2-6,11H2,1H3,(H2,18,19,21,22). The molecule has 1 aromatic carbocycles. The minimum atomic E-state index is -0.546. The van der Waals surface area contributed by atoms with Gasteiger partial charge in [-0.1, -0.05) is 44.2 Å².